The fraction of sp³-hybridized carbons (Fsp3) is 0.364. The van der Waals surface area contributed by atoms with Crippen LogP contribution in [-0.2, 0) is 4.79 Å². The number of amides is 1. The summed E-state index contributed by atoms with van der Waals surface area (Å²) in [6.45, 7) is 1.83. The number of carbonyl (C=O) groups excluding carboxylic acids is 1. The second-order valence-corrected chi connectivity index (χ2v) is 4.10. The first-order valence-electron chi connectivity index (χ1n) is 4.99. The van der Waals surface area contributed by atoms with Gasteiger partial charge in [-0.2, -0.15) is 0 Å². The number of anilines is 1. The molecule has 0 aliphatic rings. The van der Waals surface area contributed by atoms with Crippen molar-refractivity contribution in [2.75, 3.05) is 5.32 Å². The monoisotopic (exact) mass is 280 g/mol. The summed E-state index contributed by atoms with van der Waals surface area (Å²) >= 11 is 5.52. The number of hydrogen-bond acceptors (Lipinski definition) is 2. The minimum absolute atomic E-state index is 0. The molecule has 1 amide bonds. The second-order valence-electron chi connectivity index (χ2n) is 3.69. The Morgan fingerprint density at radius 1 is 1.59 bits per heavy atom. The Balaban J connectivity index is 0.00000256. The van der Waals surface area contributed by atoms with Gasteiger partial charge in [-0.15, -0.1) is 12.4 Å². The van der Waals surface area contributed by atoms with Gasteiger partial charge in [-0.05, 0) is 31.5 Å². The van der Waals surface area contributed by atoms with Crippen LogP contribution < -0.4 is 11.1 Å². The first-order valence-corrected chi connectivity index (χ1v) is 5.37. The Hall–Kier alpha value is -0.840. The number of halogens is 3. The number of hydrogen-bond donors (Lipinski definition) is 2. The number of rotatable bonds is 4. The van der Waals surface area contributed by atoms with Crippen molar-refractivity contribution in [3.05, 3.63) is 29.0 Å². The van der Waals surface area contributed by atoms with E-state index in [1.165, 1.54) is 12.1 Å². The quantitative estimate of drug-likeness (QED) is 0.891. The van der Waals surface area contributed by atoms with E-state index in [1.807, 2.05) is 6.92 Å². The average molecular weight is 281 g/mol. The van der Waals surface area contributed by atoms with E-state index in [0.29, 0.717) is 18.5 Å². The molecule has 6 heteroatoms. The van der Waals surface area contributed by atoms with E-state index in [9.17, 15) is 9.18 Å². The molecule has 17 heavy (non-hydrogen) atoms. The molecule has 0 bridgehead atoms. The van der Waals surface area contributed by atoms with Crippen LogP contribution in [0.3, 0.4) is 0 Å². The summed E-state index contributed by atoms with van der Waals surface area (Å²) in [7, 11) is 0. The van der Waals surface area contributed by atoms with Crippen molar-refractivity contribution >= 4 is 35.6 Å². The molecule has 1 aromatic rings. The van der Waals surface area contributed by atoms with Crippen LogP contribution in [0, 0.1) is 5.82 Å². The highest BCUT2D eigenvalue weighted by Gasteiger charge is 2.06. The van der Waals surface area contributed by atoms with Crippen LogP contribution in [0.2, 0.25) is 5.02 Å². The maximum Gasteiger partial charge on any atom is 0.224 e. The van der Waals surface area contributed by atoms with Crippen molar-refractivity contribution in [2.45, 2.75) is 25.8 Å². The van der Waals surface area contributed by atoms with Gasteiger partial charge < -0.3 is 11.1 Å². The molecule has 0 saturated heterocycles. The van der Waals surface area contributed by atoms with E-state index in [0.717, 1.165) is 0 Å². The molecular weight excluding hydrogens is 266 g/mol. The molecule has 0 aliphatic carbocycles. The minimum Gasteiger partial charge on any atom is -0.328 e. The molecule has 0 spiro atoms. The SMILES string of the molecule is CC(N)CCC(=O)Nc1ccc(Cl)c(F)c1.Cl. The van der Waals surface area contributed by atoms with Crippen LogP contribution >= 0.6 is 24.0 Å². The molecule has 3 N–H and O–H groups in total. The van der Waals surface area contributed by atoms with Gasteiger partial charge in [0.2, 0.25) is 5.91 Å². The van der Waals surface area contributed by atoms with E-state index in [4.69, 9.17) is 17.3 Å². The Morgan fingerprint density at radius 3 is 2.76 bits per heavy atom. The van der Waals surface area contributed by atoms with E-state index in [1.54, 1.807) is 6.07 Å². The zero-order chi connectivity index (χ0) is 12.1. The van der Waals surface area contributed by atoms with Gasteiger partial charge in [0, 0.05) is 18.2 Å². The minimum atomic E-state index is -0.549. The summed E-state index contributed by atoms with van der Waals surface area (Å²) in [5.74, 6) is -0.731. The number of carbonyl (C=O) groups is 1. The van der Waals surface area contributed by atoms with Gasteiger partial charge in [-0.1, -0.05) is 11.6 Å². The highest BCUT2D eigenvalue weighted by molar-refractivity contribution is 6.30. The summed E-state index contributed by atoms with van der Waals surface area (Å²) in [6.07, 6.45) is 0.920. The Bertz CT molecular complexity index is 386. The van der Waals surface area contributed by atoms with E-state index < -0.39 is 5.82 Å². The lowest BCUT2D eigenvalue weighted by Crippen LogP contribution is -2.19. The van der Waals surface area contributed by atoms with Crippen LogP contribution in [0.1, 0.15) is 19.8 Å². The Morgan fingerprint density at radius 2 is 2.24 bits per heavy atom. The lowest BCUT2D eigenvalue weighted by Gasteiger charge is -2.07. The van der Waals surface area contributed by atoms with Crippen LogP contribution in [0.4, 0.5) is 10.1 Å². The highest BCUT2D eigenvalue weighted by atomic mass is 35.5. The van der Waals surface area contributed by atoms with Gasteiger partial charge in [0.25, 0.3) is 0 Å². The summed E-state index contributed by atoms with van der Waals surface area (Å²) in [5.41, 5.74) is 5.92. The van der Waals surface area contributed by atoms with Crippen LogP contribution in [0.15, 0.2) is 18.2 Å². The lowest BCUT2D eigenvalue weighted by atomic mass is 10.2. The van der Waals surface area contributed by atoms with Crippen molar-refractivity contribution in [1.29, 1.82) is 0 Å². The molecule has 1 rings (SSSR count). The van der Waals surface area contributed by atoms with Crippen molar-refractivity contribution in [3.8, 4) is 0 Å². The van der Waals surface area contributed by atoms with Crippen LogP contribution in [-0.4, -0.2) is 11.9 Å². The molecular formula is C11H15Cl2FN2O. The molecule has 3 nitrogen and oxygen atoms in total. The zero-order valence-corrected chi connectivity index (χ0v) is 10.9. The molecule has 1 unspecified atom stereocenters. The number of benzene rings is 1. The zero-order valence-electron chi connectivity index (χ0n) is 9.37. The van der Waals surface area contributed by atoms with Gasteiger partial charge in [0.05, 0.1) is 5.02 Å². The fourth-order valence-electron chi connectivity index (χ4n) is 1.16. The summed E-state index contributed by atoms with van der Waals surface area (Å²) < 4.78 is 13.0. The van der Waals surface area contributed by atoms with Crippen molar-refractivity contribution < 1.29 is 9.18 Å². The second kappa shape index (κ2) is 7.48. The molecule has 0 fully saturated rings. The molecule has 0 aromatic heterocycles. The van der Waals surface area contributed by atoms with E-state index in [2.05, 4.69) is 5.32 Å². The maximum atomic E-state index is 13.0. The summed E-state index contributed by atoms with van der Waals surface area (Å²) in [4.78, 5) is 11.4. The van der Waals surface area contributed by atoms with Crippen LogP contribution in [0.5, 0.6) is 0 Å². The molecule has 0 radical (unpaired) electrons. The summed E-state index contributed by atoms with van der Waals surface area (Å²) in [6, 6.07) is 4.12. The van der Waals surface area contributed by atoms with Gasteiger partial charge in [0.15, 0.2) is 0 Å². The van der Waals surface area contributed by atoms with E-state index in [-0.39, 0.29) is 29.4 Å². The standard InChI is InChI=1S/C11H14ClFN2O.ClH/c1-7(14)2-5-11(16)15-8-3-4-9(12)10(13)6-8;/h3-4,6-7H,2,5,14H2,1H3,(H,15,16);1H. The molecule has 96 valence electrons. The molecule has 0 saturated carbocycles. The fourth-order valence-corrected chi connectivity index (χ4v) is 1.27. The molecule has 1 atom stereocenters. The lowest BCUT2D eigenvalue weighted by molar-refractivity contribution is -0.116. The normalized spacial score (nSPS) is 11.5. The molecule has 0 aliphatic heterocycles. The third-order valence-electron chi connectivity index (χ3n) is 2.03. The van der Waals surface area contributed by atoms with Gasteiger partial charge >= 0.3 is 0 Å². The Kier molecular flexibility index (Phi) is 7.11. The first kappa shape index (κ1) is 16.2. The highest BCUT2D eigenvalue weighted by Crippen LogP contribution is 2.18. The summed E-state index contributed by atoms with van der Waals surface area (Å²) in [5, 5.41) is 2.61. The predicted octanol–water partition coefficient (Wildman–Crippen LogP) is 2.97. The van der Waals surface area contributed by atoms with Crippen LogP contribution in [0.25, 0.3) is 0 Å². The van der Waals surface area contributed by atoms with Crippen molar-refractivity contribution in [3.63, 3.8) is 0 Å². The average Bonchev–Trinajstić information content (AvgIpc) is 2.21. The predicted molar refractivity (Wildman–Crippen MR) is 70.2 cm³/mol. The third-order valence-corrected chi connectivity index (χ3v) is 2.34. The van der Waals surface area contributed by atoms with Gasteiger partial charge in [-0.25, -0.2) is 4.39 Å². The topological polar surface area (TPSA) is 55.1 Å². The number of nitrogens with two attached hydrogens (primary N) is 1. The van der Waals surface area contributed by atoms with Gasteiger partial charge in [-0.3, -0.25) is 4.79 Å². The molecule has 1 aromatic carbocycles. The van der Waals surface area contributed by atoms with Crippen molar-refractivity contribution in [1.82, 2.24) is 0 Å². The van der Waals surface area contributed by atoms with Crippen molar-refractivity contribution in [2.24, 2.45) is 5.73 Å². The third kappa shape index (κ3) is 5.86. The molecule has 0 heterocycles. The Labute approximate surface area is 111 Å². The largest absolute Gasteiger partial charge is 0.328 e. The first-order chi connectivity index (χ1) is 7.49. The smallest absolute Gasteiger partial charge is 0.224 e. The van der Waals surface area contributed by atoms with E-state index >= 15 is 0 Å². The number of nitrogens with one attached hydrogen (secondary N) is 1. The maximum absolute atomic E-state index is 13.0. The van der Waals surface area contributed by atoms with Gasteiger partial charge in [0.1, 0.15) is 5.82 Å².